The van der Waals surface area contributed by atoms with Gasteiger partial charge in [-0.25, -0.2) is 12.8 Å². The summed E-state index contributed by atoms with van der Waals surface area (Å²) in [5.74, 6) is -0.583. The Kier molecular flexibility index (Phi) is 4.97. The van der Waals surface area contributed by atoms with Gasteiger partial charge in [0.25, 0.3) is 5.91 Å². The highest BCUT2D eigenvalue weighted by atomic mass is 32.2. The van der Waals surface area contributed by atoms with Gasteiger partial charge < -0.3 is 10.0 Å². The SMILES string of the molecule is Cc1cc(S(=O)(=O)N2CCN(C(=O)c3ccc(O)cc3)CC2)ccc1F. The summed E-state index contributed by atoms with van der Waals surface area (Å²) in [5, 5.41) is 9.30. The van der Waals surface area contributed by atoms with Gasteiger partial charge in [-0.3, -0.25) is 4.79 Å². The summed E-state index contributed by atoms with van der Waals surface area (Å²) in [5.41, 5.74) is 0.709. The number of phenolic OH excluding ortho intramolecular Hbond substituents is 1. The molecule has 0 aliphatic carbocycles. The number of rotatable bonds is 3. The van der Waals surface area contributed by atoms with Crippen LogP contribution in [-0.2, 0) is 10.0 Å². The van der Waals surface area contributed by atoms with Crippen LogP contribution in [0.25, 0.3) is 0 Å². The molecule has 1 aliphatic rings. The normalized spacial score (nSPS) is 15.8. The zero-order valence-electron chi connectivity index (χ0n) is 14.2. The number of carbonyl (C=O) groups excluding carboxylic acids is 1. The van der Waals surface area contributed by atoms with Crippen LogP contribution >= 0.6 is 0 Å². The van der Waals surface area contributed by atoms with Crippen LogP contribution in [0.2, 0.25) is 0 Å². The Morgan fingerprint density at radius 2 is 1.65 bits per heavy atom. The van der Waals surface area contributed by atoms with Crippen LogP contribution in [0.5, 0.6) is 5.75 Å². The molecule has 1 fully saturated rings. The van der Waals surface area contributed by atoms with E-state index >= 15 is 0 Å². The maximum absolute atomic E-state index is 13.4. The van der Waals surface area contributed by atoms with Crippen LogP contribution in [0.1, 0.15) is 15.9 Å². The van der Waals surface area contributed by atoms with E-state index in [1.54, 1.807) is 4.90 Å². The lowest BCUT2D eigenvalue weighted by Gasteiger charge is -2.34. The van der Waals surface area contributed by atoms with E-state index in [-0.39, 0.29) is 48.3 Å². The molecule has 138 valence electrons. The van der Waals surface area contributed by atoms with E-state index in [1.807, 2.05) is 0 Å². The van der Waals surface area contributed by atoms with Crippen LogP contribution in [0, 0.1) is 12.7 Å². The molecule has 0 spiro atoms. The van der Waals surface area contributed by atoms with Crippen molar-refractivity contribution in [2.75, 3.05) is 26.2 Å². The maximum Gasteiger partial charge on any atom is 0.253 e. The summed E-state index contributed by atoms with van der Waals surface area (Å²) in [6, 6.07) is 9.65. The fraction of sp³-hybridized carbons (Fsp3) is 0.278. The predicted molar refractivity (Wildman–Crippen MR) is 93.9 cm³/mol. The molecule has 0 radical (unpaired) electrons. The number of amides is 1. The molecule has 1 heterocycles. The minimum absolute atomic E-state index is 0.0507. The molecular formula is C18H19FN2O4S. The fourth-order valence-corrected chi connectivity index (χ4v) is 4.35. The van der Waals surface area contributed by atoms with Crippen molar-refractivity contribution in [3.63, 3.8) is 0 Å². The van der Waals surface area contributed by atoms with Crippen molar-refractivity contribution >= 4 is 15.9 Å². The highest BCUT2D eigenvalue weighted by Gasteiger charge is 2.30. The van der Waals surface area contributed by atoms with E-state index in [9.17, 15) is 22.7 Å². The van der Waals surface area contributed by atoms with E-state index < -0.39 is 15.8 Å². The molecule has 2 aromatic carbocycles. The highest BCUT2D eigenvalue weighted by molar-refractivity contribution is 7.89. The average molecular weight is 378 g/mol. The Morgan fingerprint density at radius 3 is 2.23 bits per heavy atom. The number of benzene rings is 2. The van der Waals surface area contributed by atoms with Gasteiger partial charge in [0.05, 0.1) is 4.90 Å². The molecule has 0 bridgehead atoms. The Labute approximate surface area is 151 Å². The van der Waals surface area contributed by atoms with Gasteiger partial charge >= 0.3 is 0 Å². The van der Waals surface area contributed by atoms with Crippen molar-refractivity contribution in [1.82, 2.24) is 9.21 Å². The van der Waals surface area contributed by atoms with Gasteiger partial charge in [0, 0.05) is 31.7 Å². The second-order valence-corrected chi connectivity index (χ2v) is 8.09. The lowest BCUT2D eigenvalue weighted by Crippen LogP contribution is -2.50. The average Bonchev–Trinajstić information content (AvgIpc) is 2.64. The molecule has 8 heteroatoms. The number of aryl methyl sites for hydroxylation is 1. The second-order valence-electron chi connectivity index (χ2n) is 6.15. The molecule has 1 saturated heterocycles. The van der Waals surface area contributed by atoms with Crippen LogP contribution < -0.4 is 0 Å². The van der Waals surface area contributed by atoms with Gasteiger partial charge in [0.2, 0.25) is 10.0 Å². The Hall–Kier alpha value is -2.45. The number of aromatic hydroxyl groups is 1. The maximum atomic E-state index is 13.4. The van der Waals surface area contributed by atoms with Gasteiger partial charge in [-0.1, -0.05) is 0 Å². The topological polar surface area (TPSA) is 77.9 Å². The van der Waals surface area contributed by atoms with E-state index in [1.165, 1.54) is 47.6 Å². The number of halogens is 1. The molecule has 0 saturated carbocycles. The summed E-state index contributed by atoms with van der Waals surface area (Å²) in [6.07, 6.45) is 0. The molecule has 1 aliphatic heterocycles. The van der Waals surface area contributed by atoms with Gasteiger partial charge in [0.15, 0.2) is 0 Å². The Balaban J connectivity index is 1.70. The number of carbonyl (C=O) groups is 1. The van der Waals surface area contributed by atoms with E-state index in [2.05, 4.69) is 0 Å². The van der Waals surface area contributed by atoms with Crippen LogP contribution in [0.4, 0.5) is 4.39 Å². The van der Waals surface area contributed by atoms with Gasteiger partial charge in [0.1, 0.15) is 11.6 Å². The number of phenols is 1. The third-order valence-corrected chi connectivity index (χ3v) is 6.30. The standard InChI is InChI=1S/C18H19FN2O4S/c1-13-12-16(6-7-17(13)19)26(24,25)21-10-8-20(9-11-21)18(23)14-2-4-15(22)5-3-14/h2-7,12,22H,8-11H2,1H3. The summed E-state index contributed by atoms with van der Waals surface area (Å²) >= 11 is 0. The lowest BCUT2D eigenvalue weighted by atomic mass is 10.2. The van der Waals surface area contributed by atoms with E-state index in [4.69, 9.17) is 0 Å². The first-order valence-electron chi connectivity index (χ1n) is 8.13. The third kappa shape index (κ3) is 3.56. The first kappa shape index (κ1) is 18.3. The Bertz CT molecular complexity index is 921. The number of hydrogen-bond donors (Lipinski definition) is 1. The first-order chi connectivity index (χ1) is 12.3. The summed E-state index contributed by atoms with van der Waals surface area (Å²) < 4.78 is 40.1. The molecule has 0 unspecified atom stereocenters. The Morgan fingerprint density at radius 1 is 1.04 bits per heavy atom. The number of hydrogen-bond acceptors (Lipinski definition) is 4. The summed E-state index contributed by atoms with van der Waals surface area (Å²) in [6.45, 7) is 2.38. The lowest BCUT2D eigenvalue weighted by molar-refractivity contribution is 0.0698. The summed E-state index contributed by atoms with van der Waals surface area (Å²) in [4.78, 5) is 14.1. The first-order valence-corrected chi connectivity index (χ1v) is 9.57. The molecule has 3 rings (SSSR count). The largest absolute Gasteiger partial charge is 0.508 e. The fourth-order valence-electron chi connectivity index (χ4n) is 2.84. The van der Waals surface area contributed by atoms with E-state index in [0.29, 0.717) is 5.56 Å². The number of sulfonamides is 1. The van der Waals surface area contributed by atoms with Crippen LogP contribution in [0.3, 0.4) is 0 Å². The third-order valence-electron chi connectivity index (χ3n) is 4.41. The summed E-state index contributed by atoms with van der Waals surface area (Å²) in [7, 11) is -3.73. The molecule has 26 heavy (non-hydrogen) atoms. The second kappa shape index (κ2) is 7.05. The van der Waals surface area contributed by atoms with Gasteiger partial charge in [-0.05, 0) is 55.0 Å². The minimum Gasteiger partial charge on any atom is -0.508 e. The molecule has 0 atom stereocenters. The molecule has 2 aromatic rings. The van der Waals surface area contributed by atoms with Crippen LogP contribution in [-0.4, -0.2) is 54.8 Å². The zero-order valence-corrected chi connectivity index (χ0v) is 15.0. The molecule has 1 N–H and O–H groups in total. The van der Waals surface area contributed by atoms with Gasteiger partial charge in [-0.2, -0.15) is 4.31 Å². The van der Waals surface area contributed by atoms with Crippen molar-refractivity contribution in [3.8, 4) is 5.75 Å². The predicted octanol–water partition coefficient (Wildman–Crippen LogP) is 1.99. The van der Waals surface area contributed by atoms with Crippen molar-refractivity contribution < 1.29 is 22.7 Å². The van der Waals surface area contributed by atoms with Crippen molar-refractivity contribution in [2.45, 2.75) is 11.8 Å². The highest BCUT2D eigenvalue weighted by Crippen LogP contribution is 2.21. The smallest absolute Gasteiger partial charge is 0.253 e. The van der Waals surface area contributed by atoms with Crippen molar-refractivity contribution in [1.29, 1.82) is 0 Å². The number of nitrogens with zero attached hydrogens (tertiary/aromatic N) is 2. The van der Waals surface area contributed by atoms with Gasteiger partial charge in [-0.15, -0.1) is 0 Å². The van der Waals surface area contributed by atoms with Crippen molar-refractivity contribution in [3.05, 3.63) is 59.4 Å². The molecule has 0 aromatic heterocycles. The van der Waals surface area contributed by atoms with E-state index in [0.717, 1.165) is 6.07 Å². The molecular weight excluding hydrogens is 359 g/mol. The number of piperazine rings is 1. The van der Waals surface area contributed by atoms with Crippen LogP contribution in [0.15, 0.2) is 47.4 Å². The monoisotopic (exact) mass is 378 g/mol. The minimum atomic E-state index is -3.73. The quantitative estimate of drug-likeness (QED) is 0.886. The molecule has 6 nitrogen and oxygen atoms in total. The zero-order chi connectivity index (χ0) is 18.9. The molecule has 1 amide bonds. The van der Waals surface area contributed by atoms with Crippen molar-refractivity contribution in [2.24, 2.45) is 0 Å².